The maximum absolute atomic E-state index is 16.0. The first-order valence-electron chi connectivity index (χ1n) is 21.2. The summed E-state index contributed by atoms with van der Waals surface area (Å²) >= 11 is 0. The van der Waals surface area contributed by atoms with Gasteiger partial charge in [0, 0.05) is 12.4 Å². The van der Waals surface area contributed by atoms with Gasteiger partial charge in [0.15, 0.2) is 24.4 Å². The molecule has 0 saturated heterocycles. The Morgan fingerprint density at radius 1 is 0.470 bits per heavy atom. The number of nitrogens with one attached hydrogen (secondary N) is 2. The lowest BCUT2D eigenvalue weighted by Gasteiger charge is -2.33. The number of halogens is 2. The van der Waals surface area contributed by atoms with Crippen LogP contribution in [0.1, 0.15) is 115 Å². The molecule has 4 atom stereocenters. The van der Waals surface area contributed by atoms with Gasteiger partial charge in [-0.3, -0.25) is 48.5 Å². The summed E-state index contributed by atoms with van der Waals surface area (Å²) in [4.78, 5) is 89.6. The summed E-state index contributed by atoms with van der Waals surface area (Å²) in [6.07, 6.45) is -0.663. The second-order valence-electron chi connectivity index (χ2n) is 17.2. The van der Waals surface area contributed by atoms with Crippen LogP contribution in [0.15, 0.2) is 146 Å². The monoisotopic (exact) mass is 890 g/mol. The van der Waals surface area contributed by atoms with Gasteiger partial charge in [0.25, 0.3) is 23.6 Å². The molecule has 12 nitrogen and oxygen atoms in total. The first-order chi connectivity index (χ1) is 31.4. The summed E-state index contributed by atoms with van der Waals surface area (Å²) < 4.78 is 31.9. The Morgan fingerprint density at radius 2 is 0.758 bits per heavy atom. The van der Waals surface area contributed by atoms with E-state index in [4.69, 9.17) is 0 Å². The van der Waals surface area contributed by atoms with Crippen molar-refractivity contribution in [3.63, 3.8) is 0 Å². The molecule has 0 aliphatic carbocycles. The third-order valence-electron chi connectivity index (χ3n) is 11.6. The summed E-state index contributed by atoms with van der Waals surface area (Å²) in [5.74, 6) is -4.34. The number of imide groups is 2. The van der Waals surface area contributed by atoms with Gasteiger partial charge in [-0.15, -0.1) is 0 Å². The van der Waals surface area contributed by atoms with Gasteiger partial charge in [-0.2, -0.15) is 0 Å². The van der Waals surface area contributed by atoms with Crippen LogP contribution in [0, 0.1) is 13.8 Å². The van der Waals surface area contributed by atoms with Crippen molar-refractivity contribution in [1.82, 2.24) is 30.4 Å². The van der Waals surface area contributed by atoms with Crippen molar-refractivity contribution in [2.45, 2.75) is 77.0 Å². The molecule has 2 aromatic heterocycles. The van der Waals surface area contributed by atoms with Crippen molar-refractivity contribution in [2.75, 3.05) is 0 Å². The Morgan fingerprint density at radius 3 is 1.03 bits per heavy atom. The zero-order valence-electron chi connectivity index (χ0n) is 37.2. The highest BCUT2D eigenvalue weighted by atomic mass is 19.1. The number of rotatable bonds is 12. The molecule has 4 heterocycles. The number of fused-ring (bicyclic) bond motifs is 2. The van der Waals surface area contributed by atoms with Gasteiger partial charge < -0.3 is 10.6 Å². The molecule has 2 aliphatic rings. The normalized spacial score (nSPS) is 15.2. The van der Waals surface area contributed by atoms with E-state index in [2.05, 4.69) is 20.6 Å². The van der Waals surface area contributed by atoms with Gasteiger partial charge in [0.05, 0.1) is 44.7 Å². The molecule has 4 aromatic carbocycles. The summed E-state index contributed by atoms with van der Waals surface area (Å²) in [5, 5.41) is 5.58. The predicted octanol–water partition coefficient (Wildman–Crippen LogP) is 8.23. The number of carbonyl (C=O) groups excluding carboxylic acids is 6. The standard InChI is InChI=1S/2C26H24FN3O3/c2*1-16-11-13-17(14-12-16)21(27)22(23(31)29-26(2,3)20-10-6-7-15-28-20)30-24(32)18-8-4-5-9-19(18)25(30)33/h2*4-15,21-22H,1-3H3,(H,29,31)/t2*21-,22-/m00/s1. The highest BCUT2D eigenvalue weighted by Gasteiger charge is 2.49. The number of amides is 6. The molecule has 66 heavy (non-hydrogen) atoms. The third-order valence-corrected chi connectivity index (χ3v) is 11.6. The molecule has 2 N–H and O–H groups in total. The fourth-order valence-corrected chi connectivity index (χ4v) is 7.91. The highest BCUT2D eigenvalue weighted by molar-refractivity contribution is 6.23. The number of carbonyl (C=O) groups is 6. The van der Waals surface area contributed by atoms with Crippen LogP contribution in [0.3, 0.4) is 0 Å². The van der Waals surface area contributed by atoms with E-state index >= 15 is 8.78 Å². The minimum Gasteiger partial charge on any atom is -0.344 e. The molecule has 0 saturated carbocycles. The van der Waals surface area contributed by atoms with Crippen LogP contribution in [-0.2, 0) is 20.7 Å². The molecule has 0 radical (unpaired) electrons. The third kappa shape index (κ3) is 9.25. The molecule has 6 amide bonds. The lowest BCUT2D eigenvalue weighted by molar-refractivity contribution is -0.129. The largest absolute Gasteiger partial charge is 0.344 e. The minimum atomic E-state index is -1.92. The van der Waals surface area contributed by atoms with Gasteiger partial charge in [-0.1, -0.05) is 96.1 Å². The first kappa shape index (κ1) is 46.3. The maximum Gasteiger partial charge on any atom is 0.262 e. The van der Waals surface area contributed by atoms with E-state index in [0.29, 0.717) is 11.4 Å². The highest BCUT2D eigenvalue weighted by Crippen LogP contribution is 2.35. The predicted molar refractivity (Wildman–Crippen MR) is 242 cm³/mol. The summed E-state index contributed by atoms with van der Waals surface area (Å²) in [7, 11) is 0. The smallest absolute Gasteiger partial charge is 0.262 e. The maximum atomic E-state index is 16.0. The minimum absolute atomic E-state index is 0.153. The van der Waals surface area contributed by atoms with Gasteiger partial charge >= 0.3 is 0 Å². The van der Waals surface area contributed by atoms with E-state index in [1.54, 1.807) is 149 Å². The average molecular weight is 891 g/mol. The van der Waals surface area contributed by atoms with Crippen molar-refractivity contribution < 1.29 is 37.5 Å². The van der Waals surface area contributed by atoms with E-state index in [0.717, 1.165) is 20.9 Å². The molecule has 6 aromatic rings. The van der Waals surface area contributed by atoms with Crippen LogP contribution >= 0.6 is 0 Å². The van der Waals surface area contributed by atoms with Crippen LogP contribution in [0.2, 0.25) is 0 Å². The Labute approximate surface area is 381 Å². The fraction of sp³-hybridized carbons (Fsp3) is 0.231. The van der Waals surface area contributed by atoms with Gasteiger partial charge in [0.1, 0.15) is 0 Å². The van der Waals surface area contributed by atoms with E-state index < -0.39 is 70.9 Å². The second-order valence-corrected chi connectivity index (χ2v) is 17.2. The number of hydrogen-bond acceptors (Lipinski definition) is 8. The van der Waals surface area contributed by atoms with E-state index in [1.807, 2.05) is 13.8 Å². The molecule has 2 aliphatic heterocycles. The number of aryl methyl sites for hydroxylation is 2. The lowest BCUT2D eigenvalue weighted by atomic mass is 9.96. The zero-order valence-corrected chi connectivity index (χ0v) is 37.2. The van der Waals surface area contributed by atoms with Gasteiger partial charge in [0.2, 0.25) is 11.8 Å². The lowest BCUT2D eigenvalue weighted by Crippen LogP contribution is -2.55. The first-order valence-corrected chi connectivity index (χ1v) is 21.2. The van der Waals surface area contributed by atoms with Crippen molar-refractivity contribution in [3.8, 4) is 0 Å². The van der Waals surface area contributed by atoms with E-state index in [-0.39, 0.29) is 33.4 Å². The van der Waals surface area contributed by atoms with Crippen LogP contribution < -0.4 is 10.6 Å². The number of aromatic nitrogens is 2. The van der Waals surface area contributed by atoms with Crippen molar-refractivity contribution >= 4 is 35.4 Å². The summed E-state index contributed by atoms with van der Waals surface area (Å²) in [6, 6.07) is 32.8. The molecule has 0 bridgehead atoms. The van der Waals surface area contributed by atoms with Crippen molar-refractivity contribution in [3.05, 3.63) is 202 Å². The number of alkyl halides is 2. The summed E-state index contributed by atoms with van der Waals surface area (Å²) in [5.41, 5.74) is 2.04. The van der Waals surface area contributed by atoms with E-state index in [1.165, 1.54) is 24.3 Å². The SMILES string of the molecule is Cc1ccc([C@H](F)[C@@H](C(=O)NC(C)(C)c2ccccn2)N2C(=O)c3ccccc3C2=O)cc1.Cc1ccc([C@H](F)[C@@H](C(=O)NC(C)(C)c2ccccn2)N2C(=O)c3ccccc3C2=O)cc1. The van der Waals surface area contributed by atoms with Crippen LogP contribution in [0.4, 0.5) is 8.78 Å². The second kappa shape index (κ2) is 18.8. The molecular weight excluding hydrogens is 843 g/mol. The van der Waals surface area contributed by atoms with Crippen LogP contribution in [0.25, 0.3) is 0 Å². The molecule has 14 heteroatoms. The molecular formula is C52H48F2N6O6. The van der Waals surface area contributed by atoms with Crippen LogP contribution in [-0.4, -0.2) is 67.3 Å². The molecule has 0 unspecified atom stereocenters. The molecule has 8 rings (SSSR count). The van der Waals surface area contributed by atoms with Crippen molar-refractivity contribution in [1.29, 1.82) is 0 Å². The number of benzene rings is 4. The average Bonchev–Trinajstić information content (AvgIpc) is 3.71. The topological polar surface area (TPSA) is 159 Å². The van der Waals surface area contributed by atoms with Gasteiger partial charge in [-0.25, -0.2) is 8.78 Å². The van der Waals surface area contributed by atoms with Crippen molar-refractivity contribution in [2.24, 2.45) is 0 Å². The van der Waals surface area contributed by atoms with Gasteiger partial charge in [-0.05, 0) is 101 Å². The number of pyridine rings is 2. The Kier molecular flexibility index (Phi) is 13.2. The molecule has 336 valence electrons. The molecule has 0 fully saturated rings. The number of hydrogen-bond donors (Lipinski definition) is 2. The molecule has 0 spiro atoms. The Balaban J connectivity index is 0.000000196. The number of nitrogens with zero attached hydrogens (tertiary/aromatic N) is 4. The fourth-order valence-electron chi connectivity index (χ4n) is 7.91. The van der Waals surface area contributed by atoms with Crippen LogP contribution in [0.5, 0.6) is 0 Å². The summed E-state index contributed by atoms with van der Waals surface area (Å²) in [6.45, 7) is 10.6. The Hall–Kier alpha value is -7.74. The quantitative estimate of drug-likeness (QED) is 0.116. The zero-order chi connectivity index (χ0) is 47.5. The Bertz CT molecular complexity index is 2540. The van der Waals surface area contributed by atoms with E-state index in [9.17, 15) is 28.8 Å².